The second-order valence-electron chi connectivity index (χ2n) is 4.28. The number of hydrogen-bond donors (Lipinski definition) is 3. The lowest BCUT2D eigenvalue weighted by Gasteiger charge is -2.13. The summed E-state index contributed by atoms with van der Waals surface area (Å²) >= 11 is 1.69. The van der Waals surface area contributed by atoms with E-state index in [1.165, 1.54) is 4.88 Å². The van der Waals surface area contributed by atoms with Gasteiger partial charge < -0.3 is 5.73 Å². The van der Waals surface area contributed by atoms with Crippen molar-refractivity contribution >= 4 is 17.2 Å². The van der Waals surface area contributed by atoms with E-state index >= 15 is 0 Å². The van der Waals surface area contributed by atoms with Crippen molar-refractivity contribution in [2.45, 2.75) is 26.3 Å². The summed E-state index contributed by atoms with van der Waals surface area (Å²) in [5, 5.41) is 5.18. The molecule has 0 spiro atoms. The van der Waals surface area contributed by atoms with Crippen LogP contribution in [0.25, 0.3) is 0 Å². The summed E-state index contributed by atoms with van der Waals surface area (Å²) in [6.45, 7) is 4.08. The van der Waals surface area contributed by atoms with Crippen LogP contribution in [0.15, 0.2) is 6.20 Å². The van der Waals surface area contributed by atoms with Crippen molar-refractivity contribution in [2.24, 2.45) is 12.9 Å². The summed E-state index contributed by atoms with van der Waals surface area (Å²) in [5.41, 5.74) is 10.7. The molecule has 7 heteroatoms. The second kappa shape index (κ2) is 5.05. The summed E-state index contributed by atoms with van der Waals surface area (Å²) in [6, 6.07) is -0.0661. The zero-order valence-electron chi connectivity index (χ0n) is 10.8. The van der Waals surface area contributed by atoms with Crippen LogP contribution in [0.4, 0.5) is 5.82 Å². The quantitative estimate of drug-likeness (QED) is 0.562. The molecule has 0 saturated heterocycles. The van der Waals surface area contributed by atoms with Crippen molar-refractivity contribution in [2.75, 3.05) is 5.73 Å². The molecule has 0 aliphatic heterocycles. The van der Waals surface area contributed by atoms with E-state index in [2.05, 4.69) is 22.4 Å². The number of hydrogen-bond acceptors (Lipinski definition) is 6. The predicted molar refractivity (Wildman–Crippen MR) is 73.0 cm³/mol. The maximum atomic E-state index is 5.96. The van der Waals surface area contributed by atoms with Crippen molar-refractivity contribution in [1.82, 2.24) is 20.2 Å². The fraction of sp³-hybridized carbons (Fsp3) is 0.455. The predicted octanol–water partition coefficient (Wildman–Crippen LogP) is 0.823. The lowest BCUT2D eigenvalue weighted by molar-refractivity contribution is 0.551. The molecule has 2 rings (SSSR count). The van der Waals surface area contributed by atoms with Crippen LogP contribution in [0.1, 0.15) is 27.2 Å². The van der Waals surface area contributed by atoms with Crippen LogP contribution in [0.3, 0.4) is 0 Å². The largest absolute Gasteiger partial charge is 0.384 e. The third kappa shape index (κ3) is 2.38. The van der Waals surface area contributed by atoms with Gasteiger partial charge in [-0.3, -0.25) is 16.0 Å². The summed E-state index contributed by atoms with van der Waals surface area (Å²) in [5.74, 6) is 6.24. The smallest absolute Gasteiger partial charge is 0.126 e. The lowest BCUT2D eigenvalue weighted by atomic mass is 10.1. The molecule has 0 saturated carbocycles. The van der Waals surface area contributed by atoms with Crippen molar-refractivity contribution in [1.29, 1.82) is 0 Å². The van der Waals surface area contributed by atoms with Gasteiger partial charge in [0.05, 0.1) is 22.9 Å². The van der Waals surface area contributed by atoms with Gasteiger partial charge in [0.25, 0.3) is 0 Å². The molecule has 0 radical (unpaired) electrons. The Morgan fingerprint density at radius 2 is 2.22 bits per heavy atom. The first-order valence-corrected chi connectivity index (χ1v) is 6.51. The normalized spacial score (nSPS) is 12.9. The van der Waals surface area contributed by atoms with Gasteiger partial charge in [0, 0.05) is 23.9 Å². The van der Waals surface area contributed by atoms with Gasteiger partial charge in [-0.15, -0.1) is 11.3 Å². The van der Waals surface area contributed by atoms with E-state index in [1.54, 1.807) is 22.2 Å². The van der Waals surface area contributed by atoms with E-state index in [9.17, 15) is 0 Å². The van der Waals surface area contributed by atoms with Gasteiger partial charge in [-0.05, 0) is 13.8 Å². The Labute approximate surface area is 110 Å². The van der Waals surface area contributed by atoms with E-state index in [4.69, 9.17) is 11.6 Å². The van der Waals surface area contributed by atoms with Crippen molar-refractivity contribution in [3.8, 4) is 0 Å². The Hall–Kier alpha value is -1.44. The first-order valence-electron chi connectivity index (χ1n) is 5.69. The van der Waals surface area contributed by atoms with Crippen LogP contribution in [0.2, 0.25) is 0 Å². The molecular formula is C11H18N6S. The van der Waals surface area contributed by atoms with Gasteiger partial charge in [0.1, 0.15) is 5.82 Å². The summed E-state index contributed by atoms with van der Waals surface area (Å²) < 4.78 is 1.64. The molecule has 0 bridgehead atoms. The van der Waals surface area contributed by atoms with Crippen LogP contribution in [0.5, 0.6) is 0 Å². The Morgan fingerprint density at radius 1 is 1.50 bits per heavy atom. The minimum Gasteiger partial charge on any atom is -0.384 e. The number of aryl methyl sites for hydroxylation is 3. The van der Waals surface area contributed by atoms with Crippen LogP contribution in [-0.2, 0) is 13.5 Å². The molecule has 18 heavy (non-hydrogen) atoms. The van der Waals surface area contributed by atoms with Gasteiger partial charge >= 0.3 is 0 Å². The Balaban J connectivity index is 2.22. The zero-order valence-corrected chi connectivity index (χ0v) is 11.6. The van der Waals surface area contributed by atoms with E-state index in [1.807, 2.05) is 14.0 Å². The highest BCUT2D eigenvalue weighted by Crippen LogP contribution is 2.25. The maximum absolute atomic E-state index is 5.96. The fourth-order valence-corrected chi connectivity index (χ4v) is 2.77. The van der Waals surface area contributed by atoms with Gasteiger partial charge in [0.15, 0.2) is 0 Å². The molecule has 2 heterocycles. The van der Waals surface area contributed by atoms with Gasteiger partial charge in [-0.25, -0.2) is 4.98 Å². The van der Waals surface area contributed by atoms with Crippen molar-refractivity contribution in [3.05, 3.63) is 27.3 Å². The molecule has 6 nitrogen and oxygen atoms in total. The van der Waals surface area contributed by atoms with Crippen LogP contribution >= 0.6 is 11.3 Å². The van der Waals surface area contributed by atoms with Crippen molar-refractivity contribution in [3.63, 3.8) is 0 Å². The average molecular weight is 266 g/mol. The van der Waals surface area contributed by atoms with Crippen molar-refractivity contribution < 1.29 is 0 Å². The monoisotopic (exact) mass is 266 g/mol. The molecule has 0 aliphatic rings. The minimum atomic E-state index is -0.0661. The Kier molecular flexibility index (Phi) is 3.65. The average Bonchev–Trinajstić information content (AvgIpc) is 2.82. The molecule has 98 valence electrons. The third-order valence-electron chi connectivity index (χ3n) is 3.04. The highest BCUT2D eigenvalue weighted by molar-refractivity contribution is 7.11. The van der Waals surface area contributed by atoms with Gasteiger partial charge in [-0.2, -0.15) is 5.10 Å². The number of rotatable bonds is 4. The summed E-state index contributed by atoms with van der Waals surface area (Å²) in [7, 11) is 1.81. The number of nitrogen functional groups attached to an aromatic ring is 1. The van der Waals surface area contributed by atoms with E-state index in [0.29, 0.717) is 12.2 Å². The number of aromatic nitrogens is 3. The lowest BCUT2D eigenvalue weighted by Crippen LogP contribution is -2.30. The summed E-state index contributed by atoms with van der Waals surface area (Å²) in [6.07, 6.45) is 2.46. The molecule has 0 aliphatic carbocycles. The Bertz CT molecular complexity index is 524. The number of nitrogens with two attached hydrogens (primary N) is 2. The molecule has 1 unspecified atom stereocenters. The number of thiazole rings is 1. The highest BCUT2D eigenvalue weighted by atomic mass is 32.1. The molecule has 2 aromatic heterocycles. The van der Waals surface area contributed by atoms with Crippen LogP contribution < -0.4 is 17.0 Å². The molecule has 5 N–H and O–H groups in total. The van der Waals surface area contributed by atoms with E-state index in [-0.39, 0.29) is 6.04 Å². The molecule has 2 aromatic rings. The number of nitrogens with one attached hydrogen (secondary N) is 1. The number of hydrazine groups is 1. The van der Waals surface area contributed by atoms with Crippen LogP contribution in [0, 0.1) is 13.8 Å². The van der Waals surface area contributed by atoms with E-state index < -0.39 is 0 Å². The first-order chi connectivity index (χ1) is 8.52. The molecular weight excluding hydrogens is 248 g/mol. The SMILES string of the molecule is Cc1nc(CC(NN)c2cnn(C)c2N)sc1C. The number of anilines is 1. The zero-order chi connectivity index (χ0) is 13.3. The van der Waals surface area contributed by atoms with Gasteiger partial charge in [-0.1, -0.05) is 0 Å². The molecule has 0 amide bonds. The highest BCUT2D eigenvalue weighted by Gasteiger charge is 2.18. The molecule has 1 atom stereocenters. The fourth-order valence-electron chi connectivity index (χ4n) is 1.79. The second-order valence-corrected chi connectivity index (χ2v) is 5.57. The Morgan fingerprint density at radius 3 is 2.67 bits per heavy atom. The van der Waals surface area contributed by atoms with E-state index in [0.717, 1.165) is 16.3 Å². The maximum Gasteiger partial charge on any atom is 0.126 e. The first kappa shape index (κ1) is 13.0. The van der Waals surface area contributed by atoms with Crippen LogP contribution in [-0.4, -0.2) is 14.8 Å². The summed E-state index contributed by atoms with van der Waals surface area (Å²) in [4.78, 5) is 5.75. The molecule has 0 fully saturated rings. The third-order valence-corrected chi connectivity index (χ3v) is 4.14. The molecule has 0 aromatic carbocycles. The topological polar surface area (TPSA) is 94.8 Å². The standard InChI is InChI=1S/C11H18N6S/c1-6-7(2)18-10(15-6)4-9(16-13)8-5-14-17(3)11(8)12/h5,9,16H,4,12-13H2,1-3H3. The van der Waals surface area contributed by atoms with Gasteiger partial charge in [0.2, 0.25) is 0 Å². The minimum absolute atomic E-state index is 0.0661. The number of nitrogens with zero attached hydrogens (tertiary/aromatic N) is 3.